The minimum Gasteiger partial charge on any atom is -0.359 e. The average molecular weight is 358 g/mol. The summed E-state index contributed by atoms with van der Waals surface area (Å²) in [5.41, 5.74) is 5.72. The zero-order chi connectivity index (χ0) is 18.2. The predicted molar refractivity (Wildman–Crippen MR) is 107 cm³/mol. The molecule has 3 aromatic rings. The lowest BCUT2D eigenvalue weighted by molar-refractivity contribution is -0.118. The number of aromatic amines is 1. The van der Waals surface area contributed by atoms with Gasteiger partial charge in [0.25, 0.3) is 0 Å². The molecule has 0 aliphatic carbocycles. The van der Waals surface area contributed by atoms with Crippen LogP contribution in [-0.4, -0.2) is 35.2 Å². The first-order chi connectivity index (χ1) is 13.3. The standard InChI is InChI=1S/C22H22N4O/c27-22-21(26-12-3-5-17-4-1-2-6-20(17)26)11-13-25(22)19-9-7-16(8-10-19)18-14-23-24-15-18/h1-2,4,6-10,14-15,21H,3,5,11-13H2,(H,23,24)/t21-/m1/s1. The highest BCUT2D eigenvalue weighted by Crippen LogP contribution is 2.33. The molecular weight excluding hydrogens is 336 g/mol. The van der Waals surface area contributed by atoms with Crippen LogP contribution in [0.4, 0.5) is 11.4 Å². The molecule has 0 radical (unpaired) electrons. The van der Waals surface area contributed by atoms with Crippen molar-refractivity contribution in [3.63, 3.8) is 0 Å². The SMILES string of the molecule is O=C1[C@H](N2CCCc3ccccc32)CCN1c1ccc(-c2cn[nH]c2)cc1. The molecule has 1 amide bonds. The number of fused-ring (bicyclic) bond motifs is 1. The molecule has 0 saturated carbocycles. The second kappa shape index (κ2) is 6.58. The Bertz CT molecular complexity index is 949. The zero-order valence-corrected chi connectivity index (χ0v) is 15.1. The van der Waals surface area contributed by atoms with Crippen LogP contribution in [-0.2, 0) is 11.2 Å². The van der Waals surface area contributed by atoms with E-state index in [9.17, 15) is 4.79 Å². The summed E-state index contributed by atoms with van der Waals surface area (Å²) in [4.78, 5) is 17.4. The number of para-hydroxylation sites is 1. The molecule has 1 aromatic heterocycles. The van der Waals surface area contributed by atoms with Crippen LogP contribution in [0.25, 0.3) is 11.1 Å². The third kappa shape index (κ3) is 2.79. The average Bonchev–Trinajstić information content (AvgIpc) is 3.38. The molecule has 2 aromatic carbocycles. The maximum absolute atomic E-state index is 13.2. The first kappa shape index (κ1) is 16.1. The van der Waals surface area contributed by atoms with Crippen molar-refractivity contribution >= 4 is 17.3 Å². The summed E-state index contributed by atoms with van der Waals surface area (Å²) in [7, 11) is 0. The van der Waals surface area contributed by atoms with E-state index in [0.717, 1.165) is 49.2 Å². The fraction of sp³-hybridized carbons (Fsp3) is 0.273. The van der Waals surface area contributed by atoms with Gasteiger partial charge < -0.3 is 9.80 Å². The molecule has 2 aliphatic rings. The molecule has 5 nitrogen and oxygen atoms in total. The number of rotatable bonds is 3. The molecule has 0 unspecified atom stereocenters. The van der Waals surface area contributed by atoms with Crippen LogP contribution in [0.3, 0.4) is 0 Å². The summed E-state index contributed by atoms with van der Waals surface area (Å²) >= 11 is 0. The van der Waals surface area contributed by atoms with Gasteiger partial charge in [0, 0.05) is 36.2 Å². The van der Waals surface area contributed by atoms with Gasteiger partial charge in [0.1, 0.15) is 6.04 Å². The number of carbonyl (C=O) groups is 1. The van der Waals surface area contributed by atoms with Crippen LogP contribution in [0.2, 0.25) is 0 Å². The van der Waals surface area contributed by atoms with Crippen LogP contribution in [0, 0.1) is 0 Å². The molecule has 27 heavy (non-hydrogen) atoms. The van der Waals surface area contributed by atoms with Crippen molar-refractivity contribution in [1.82, 2.24) is 10.2 Å². The van der Waals surface area contributed by atoms with Crippen molar-refractivity contribution < 1.29 is 4.79 Å². The molecule has 1 atom stereocenters. The normalized spacial score (nSPS) is 19.4. The lowest BCUT2D eigenvalue weighted by Gasteiger charge is -2.35. The summed E-state index contributed by atoms with van der Waals surface area (Å²) in [6.07, 6.45) is 6.77. The van der Waals surface area contributed by atoms with Crippen LogP contribution in [0.15, 0.2) is 60.9 Å². The molecule has 3 heterocycles. The Morgan fingerprint density at radius 2 is 1.85 bits per heavy atom. The number of benzene rings is 2. The first-order valence-electron chi connectivity index (χ1n) is 9.56. The molecule has 0 spiro atoms. The van der Waals surface area contributed by atoms with E-state index in [1.54, 1.807) is 6.20 Å². The van der Waals surface area contributed by atoms with Gasteiger partial charge >= 0.3 is 0 Å². The number of carbonyl (C=O) groups excluding carboxylic acids is 1. The van der Waals surface area contributed by atoms with E-state index >= 15 is 0 Å². The second-order valence-electron chi connectivity index (χ2n) is 7.25. The van der Waals surface area contributed by atoms with Crippen molar-refractivity contribution in [2.24, 2.45) is 0 Å². The third-order valence-electron chi connectivity index (χ3n) is 5.71. The largest absolute Gasteiger partial charge is 0.359 e. The summed E-state index contributed by atoms with van der Waals surface area (Å²) in [6, 6.07) is 16.6. The topological polar surface area (TPSA) is 52.2 Å². The van der Waals surface area contributed by atoms with Crippen LogP contribution >= 0.6 is 0 Å². The number of H-pyrrole nitrogens is 1. The van der Waals surface area contributed by atoms with E-state index in [1.807, 2.05) is 23.2 Å². The Morgan fingerprint density at radius 3 is 2.67 bits per heavy atom. The molecule has 5 heteroatoms. The van der Waals surface area contributed by atoms with Crippen molar-refractivity contribution in [2.75, 3.05) is 22.9 Å². The highest BCUT2D eigenvalue weighted by molar-refractivity contribution is 6.01. The number of anilines is 2. The smallest absolute Gasteiger partial charge is 0.249 e. The fourth-order valence-electron chi connectivity index (χ4n) is 4.34. The Labute approximate surface area is 158 Å². The minimum absolute atomic E-state index is 0.0556. The fourth-order valence-corrected chi connectivity index (χ4v) is 4.34. The van der Waals surface area contributed by atoms with E-state index in [4.69, 9.17) is 0 Å². The molecule has 5 rings (SSSR count). The van der Waals surface area contributed by atoms with E-state index in [-0.39, 0.29) is 11.9 Å². The number of hydrogen-bond donors (Lipinski definition) is 1. The van der Waals surface area contributed by atoms with Gasteiger partial charge in [-0.3, -0.25) is 9.89 Å². The second-order valence-corrected chi connectivity index (χ2v) is 7.25. The van der Waals surface area contributed by atoms with Gasteiger partial charge in [-0.2, -0.15) is 5.10 Å². The van der Waals surface area contributed by atoms with E-state index < -0.39 is 0 Å². The zero-order valence-electron chi connectivity index (χ0n) is 15.1. The van der Waals surface area contributed by atoms with Crippen molar-refractivity contribution in [2.45, 2.75) is 25.3 Å². The lowest BCUT2D eigenvalue weighted by atomic mass is 9.99. The van der Waals surface area contributed by atoms with Gasteiger partial charge in [-0.15, -0.1) is 0 Å². The Hall–Kier alpha value is -3.08. The highest BCUT2D eigenvalue weighted by Gasteiger charge is 2.38. The highest BCUT2D eigenvalue weighted by atomic mass is 16.2. The van der Waals surface area contributed by atoms with Gasteiger partial charge in [0.15, 0.2) is 0 Å². The van der Waals surface area contributed by atoms with Gasteiger partial charge in [-0.1, -0.05) is 30.3 Å². The summed E-state index contributed by atoms with van der Waals surface area (Å²) in [5, 5.41) is 6.83. The Morgan fingerprint density at radius 1 is 1.00 bits per heavy atom. The molecule has 1 saturated heterocycles. The predicted octanol–water partition coefficient (Wildman–Crippen LogP) is 3.63. The lowest BCUT2D eigenvalue weighted by Crippen LogP contribution is -2.44. The monoisotopic (exact) mass is 358 g/mol. The molecule has 0 bridgehead atoms. The van der Waals surface area contributed by atoms with Gasteiger partial charge in [-0.25, -0.2) is 0 Å². The molecular formula is C22H22N4O. The number of nitrogens with zero attached hydrogens (tertiary/aromatic N) is 3. The van der Waals surface area contributed by atoms with Gasteiger partial charge in [0.05, 0.1) is 6.20 Å². The summed E-state index contributed by atoms with van der Waals surface area (Å²) in [6.45, 7) is 1.73. The van der Waals surface area contributed by atoms with Crippen LogP contribution in [0.1, 0.15) is 18.4 Å². The number of hydrogen-bond acceptors (Lipinski definition) is 3. The maximum atomic E-state index is 13.2. The van der Waals surface area contributed by atoms with Gasteiger partial charge in [0.2, 0.25) is 5.91 Å². The van der Waals surface area contributed by atoms with E-state index in [1.165, 1.54) is 11.3 Å². The van der Waals surface area contributed by atoms with E-state index in [2.05, 4.69) is 51.5 Å². The van der Waals surface area contributed by atoms with Crippen LogP contribution in [0.5, 0.6) is 0 Å². The molecule has 136 valence electrons. The van der Waals surface area contributed by atoms with Crippen molar-refractivity contribution in [1.29, 1.82) is 0 Å². The van der Waals surface area contributed by atoms with Crippen molar-refractivity contribution in [3.8, 4) is 11.1 Å². The molecule has 1 N–H and O–H groups in total. The van der Waals surface area contributed by atoms with Crippen molar-refractivity contribution in [3.05, 3.63) is 66.5 Å². The number of aryl methyl sites for hydroxylation is 1. The summed E-state index contributed by atoms with van der Waals surface area (Å²) in [5.74, 6) is 0.211. The Kier molecular flexibility index (Phi) is 3.93. The number of nitrogens with one attached hydrogen (secondary N) is 1. The van der Waals surface area contributed by atoms with Gasteiger partial charge in [-0.05, 0) is 48.6 Å². The number of aromatic nitrogens is 2. The minimum atomic E-state index is -0.0556. The Balaban J connectivity index is 1.38. The quantitative estimate of drug-likeness (QED) is 0.778. The molecule has 1 fully saturated rings. The third-order valence-corrected chi connectivity index (χ3v) is 5.71. The van der Waals surface area contributed by atoms with E-state index in [0.29, 0.717) is 0 Å². The first-order valence-corrected chi connectivity index (χ1v) is 9.56. The maximum Gasteiger partial charge on any atom is 0.249 e. The van der Waals surface area contributed by atoms with Crippen LogP contribution < -0.4 is 9.80 Å². The summed E-state index contributed by atoms with van der Waals surface area (Å²) < 4.78 is 0. The number of amides is 1. The molecule has 2 aliphatic heterocycles.